The van der Waals surface area contributed by atoms with Crippen molar-refractivity contribution in [1.29, 1.82) is 0 Å². The summed E-state index contributed by atoms with van der Waals surface area (Å²) >= 11 is 6.04. The molecule has 45 heavy (non-hydrogen) atoms. The van der Waals surface area contributed by atoms with Crippen LogP contribution in [0.3, 0.4) is 0 Å². The lowest BCUT2D eigenvalue weighted by Crippen LogP contribution is -2.51. The molecule has 3 aromatic rings. The van der Waals surface area contributed by atoms with Crippen LogP contribution >= 0.6 is 11.6 Å². The highest BCUT2D eigenvalue weighted by atomic mass is 35.5. The molecule has 2 amide bonds. The van der Waals surface area contributed by atoms with Gasteiger partial charge in [0.1, 0.15) is 12.6 Å². The molecule has 4 rings (SSSR count). The van der Waals surface area contributed by atoms with Crippen molar-refractivity contribution in [2.24, 2.45) is 11.3 Å². The van der Waals surface area contributed by atoms with E-state index in [1.54, 1.807) is 74.2 Å². The molecule has 12 heteroatoms. The van der Waals surface area contributed by atoms with Crippen LogP contribution in [0.5, 0.6) is 5.88 Å². The summed E-state index contributed by atoms with van der Waals surface area (Å²) in [7, 11) is 0. The van der Waals surface area contributed by atoms with Gasteiger partial charge in [-0.05, 0) is 43.5 Å². The third-order valence-corrected chi connectivity index (χ3v) is 7.87. The fourth-order valence-electron chi connectivity index (χ4n) is 4.91. The largest absolute Gasteiger partial charge is 0.481 e. The minimum atomic E-state index is -1.14. The predicted molar refractivity (Wildman–Crippen MR) is 167 cm³/mol. The first kappa shape index (κ1) is 33.4. The smallest absolute Gasteiger partial charge is 0.303 e. The number of carboxylic acids is 1. The van der Waals surface area contributed by atoms with Crippen molar-refractivity contribution in [2.75, 3.05) is 19.7 Å². The minimum absolute atomic E-state index is 0.0449. The zero-order chi connectivity index (χ0) is 32.7. The standard InChI is InChI=1S/C33H37ClN4O7/c1-33(2,3)27(39)20-45-28-19-26(36-38(28)24-10-5-4-6-11-24)31(43)35-25(12-13-29(40)41)32(44)37-16-14-21(15-17-37)30(42)22-8-7-9-23(34)18-22/h4-11,18-19,21,25H,12-17,20H2,1-3H3,(H,35,43)(H,40,41). The van der Waals surface area contributed by atoms with Crippen LogP contribution in [0.2, 0.25) is 5.02 Å². The number of carbonyl (C=O) groups excluding carboxylic acids is 4. The van der Waals surface area contributed by atoms with Crippen molar-refractivity contribution in [3.8, 4) is 11.6 Å². The number of rotatable bonds is 12. The summed E-state index contributed by atoms with van der Waals surface area (Å²) < 4.78 is 7.18. The van der Waals surface area contributed by atoms with Gasteiger partial charge >= 0.3 is 5.97 Å². The van der Waals surface area contributed by atoms with E-state index in [0.29, 0.717) is 29.1 Å². The molecule has 1 atom stereocenters. The summed E-state index contributed by atoms with van der Waals surface area (Å²) in [5.41, 5.74) is 0.395. The fourth-order valence-corrected chi connectivity index (χ4v) is 5.10. The van der Waals surface area contributed by atoms with Crippen LogP contribution in [0.1, 0.15) is 67.3 Å². The number of hydrogen-bond donors (Lipinski definition) is 2. The molecule has 11 nitrogen and oxygen atoms in total. The molecule has 1 fully saturated rings. The zero-order valence-corrected chi connectivity index (χ0v) is 26.3. The molecule has 1 saturated heterocycles. The molecular formula is C33H37ClN4O7. The number of amides is 2. The van der Waals surface area contributed by atoms with E-state index in [0.717, 1.165) is 0 Å². The molecule has 0 radical (unpaired) electrons. The van der Waals surface area contributed by atoms with Gasteiger partial charge in [0.25, 0.3) is 5.91 Å². The summed E-state index contributed by atoms with van der Waals surface area (Å²) in [4.78, 5) is 65.4. The number of benzene rings is 2. The van der Waals surface area contributed by atoms with E-state index in [4.69, 9.17) is 16.3 Å². The lowest BCUT2D eigenvalue weighted by atomic mass is 9.88. The Hall–Kier alpha value is -4.51. The highest BCUT2D eigenvalue weighted by Crippen LogP contribution is 2.25. The van der Waals surface area contributed by atoms with E-state index in [2.05, 4.69) is 10.4 Å². The summed E-state index contributed by atoms with van der Waals surface area (Å²) in [6.45, 7) is 5.65. The molecule has 1 aromatic heterocycles. The SMILES string of the molecule is CC(C)(C)C(=O)COc1cc(C(=O)NC(CCC(=O)O)C(=O)N2CCC(C(=O)c3cccc(Cl)c3)CC2)nn1-c1ccccc1. The highest BCUT2D eigenvalue weighted by Gasteiger charge is 2.33. The molecule has 1 aliphatic heterocycles. The van der Waals surface area contributed by atoms with Crippen LogP contribution in [0, 0.1) is 11.3 Å². The molecule has 0 bridgehead atoms. The maximum Gasteiger partial charge on any atom is 0.303 e. The second-order valence-electron chi connectivity index (χ2n) is 12.0. The Labute approximate surface area is 266 Å². The lowest BCUT2D eigenvalue weighted by molar-refractivity contribution is -0.138. The first-order valence-corrected chi connectivity index (χ1v) is 15.1. The molecule has 0 aliphatic carbocycles. The highest BCUT2D eigenvalue weighted by molar-refractivity contribution is 6.31. The molecule has 2 N–H and O–H groups in total. The number of Topliss-reactive ketones (excluding diaryl/α,β-unsaturated/α-hetero) is 2. The van der Waals surface area contributed by atoms with Crippen molar-refractivity contribution >= 4 is 41.0 Å². The van der Waals surface area contributed by atoms with Crippen LogP contribution < -0.4 is 10.1 Å². The van der Waals surface area contributed by atoms with Gasteiger partial charge in [-0.3, -0.25) is 24.0 Å². The van der Waals surface area contributed by atoms with Gasteiger partial charge in [-0.15, -0.1) is 0 Å². The third-order valence-electron chi connectivity index (χ3n) is 7.63. The number of aromatic nitrogens is 2. The van der Waals surface area contributed by atoms with Crippen LogP contribution in [-0.4, -0.2) is 74.9 Å². The van der Waals surface area contributed by atoms with Gasteiger partial charge in [0.05, 0.1) is 5.69 Å². The molecule has 1 aliphatic rings. The van der Waals surface area contributed by atoms with Gasteiger partial charge in [-0.1, -0.05) is 62.7 Å². The summed E-state index contributed by atoms with van der Waals surface area (Å²) in [6.07, 6.45) is 0.366. The summed E-state index contributed by atoms with van der Waals surface area (Å²) in [6, 6.07) is 15.9. The summed E-state index contributed by atoms with van der Waals surface area (Å²) in [5, 5.41) is 16.8. The molecule has 1 unspecified atom stereocenters. The number of likely N-dealkylation sites (tertiary alicyclic amines) is 1. The second-order valence-corrected chi connectivity index (χ2v) is 12.4. The first-order valence-electron chi connectivity index (χ1n) is 14.8. The van der Waals surface area contributed by atoms with E-state index in [1.165, 1.54) is 10.7 Å². The second kappa shape index (κ2) is 14.5. The van der Waals surface area contributed by atoms with Crippen LogP contribution in [0.15, 0.2) is 60.7 Å². The average molecular weight is 637 g/mol. The van der Waals surface area contributed by atoms with E-state index < -0.39 is 29.2 Å². The number of hydrogen-bond acceptors (Lipinski definition) is 7. The monoisotopic (exact) mass is 636 g/mol. The van der Waals surface area contributed by atoms with Gasteiger partial charge in [0.2, 0.25) is 11.8 Å². The van der Waals surface area contributed by atoms with Crippen molar-refractivity contribution in [2.45, 2.75) is 52.5 Å². The molecule has 2 aromatic carbocycles. The number of carbonyl (C=O) groups is 5. The lowest BCUT2D eigenvalue weighted by Gasteiger charge is -2.34. The Morgan fingerprint density at radius 2 is 1.71 bits per heavy atom. The molecule has 0 saturated carbocycles. The number of ketones is 2. The fraction of sp³-hybridized carbons (Fsp3) is 0.394. The Morgan fingerprint density at radius 3 is 2.33 bits per heavy atom. The van der Waals surface area contributed by atoms with Crippen LogP contribution in [-0.2, 0) is 14.4 Å². The molecule has 2 heterocycles. The first-order chi connectivity index (χ1) is 21.3. The average Bonchev–Trinajstić information content (AvgIpc) is 3.45. The predicted octanol–water partition coefficient (Wildman–Crippen LogP) is 4.60. The van der Waals surface area contributed by atoms with E-state index in [9.17, 15) is 29.1 Å². The van der Waals surface area contributed by atoms with E-state index >= 15 is 0 Å². The number of ether oxygens (including phenoxy) is 1. The number of halogens is 1. The van der Waals surface area contributed by atoms with Gasteiger partial charge in [-0.2, -0.15) is 5.10 Å². The van der Waals surface area contributed by atoms with Gasteiger partial charge < -0.3 is 20.1 Å². The number of nitrogens with zero attached hydrogens (tertiary/aromatic N) is 3. The van der Waals surface area contributed by atoms with Gasteiger partial charge in [-0.25, -0.2) is 4.68 Å². The van der Waals surface area contributed by atoms with Crippen molar-refractivity contribution in [3.05, 3.63) is 76.9 Å². The maximum absolute atomic E-state index is 13.6. The zero-order valence-electron chi connectivity index (χ0n) is 25.5. The topological polar surface area (TPSA) is 148 Å². The minimum Gasteiger partial charge on any atom is -0.481 e. The summed E-state index contributed by atoms with van der Waals surface area (Å²) in [5.74, 6) is -2.57. The van der Waals surface area contributed by atoms with Crippen molar-refractivity contribution in [3.63, 3.8) is 0 Å². The van der Waals surface area contributed by atoms with Crippen molar-refractivity contribution in [1.82, 2.24) is 20.0 Å². The Balaban J connectivity index is 1.48. The molecule has 0 spiro atoms. The molecular weight excluding hydrogens is 600 g/mol. The number of para-hydroxylation sites is 1. The maximum atomic E-state index is 13.6. The number of aliphatic carboxylic acids is 1. The third kappa shape index (κ3) is 8.78. The number of piperidine rings is 1. The Kier molecular flexibility index (Phi) is 10.8. The number of nitrogens with one attached hydrogen (secondary N) is 1. The van der Waals surface area contributed by atoms with Gasteiger partial charge in [0, 0.05) is 47.5 Å². The Morgan fingerprint density at radius 1 is 1.02 bits per heavy atom. The van der Waals surface area contributed by atoms with E-state index in [1.807, 2.05) is 6.07 Å². The van der Waals surface area contributed by atoms with Crippen LogP contribution in [0.4, 0.5) is 0 Å². The van der Waals surface area contributed by atoms with E-state index in [-0.39, 0.29) is 61.6 Å². The van der Waals surface area contributed by atoms with Crippen molar-refractivity contribution < 1.29 is 33.8 Å². The molecule has 238 valence electrons. The Bertz CT molecular complexity index is 1560. The number of carboxylic acid groups (broad SMARTS) is 1. The van der Waals surface area contributed by atoms with Crippen LogP contribution in [0.25, 0.3) is 5.69 Å². The van der Waals surface area contributed by atoms with Gasteiger partial charge in [0.15, 0.2) is 17.3 Å². The normalized spacial score (nSPS) is 14.4. The quantitative estimate of drug-likeness (QED) is 0.274.